The molecule has 4 rings (SSSR count). The third-order valence-corrected chi connectivity index (χ3v) is 7.53. The number of carbonyl (C=O) groups excluding carboxylic acids is 1. The van der Waals surface area contributed by atoms with Crippen LogP contribution >= 0.6 is 35.1 Å². The van der Waals surface area contributed by atoms with Gasteiger partial charge >= 0.3 is 0 Å². The van der Waals surface area contributed by atoms with Crippen molar-refractivity contribution >= 4 is 51.9 Å². The van der Waals surface area contributed by atoms with Crippen molar-refractivity contribution in [2.45, 2.75) is 31.2 Å². The van der Waals surface area contributed by atoms with Crippen molar-refractivity contribution in [3.63, 3.8) is 0 Å². The van der Waals surface area contributed by atoms with Gasteiger partial charge in [-0.25, -0.2) is 0 Å². The van der Waals surface area contributed by atoms with Crippen molar-refractivity contribution in [1.29, 1.82) is 0 Å². The standard InChI is InChI=1S/C22H22ClN3OS2/c1-3-4-12-26-20(27)19(29-22(26)24-14-15-8-6-5-7-9-15)21-25(2)17-13-16(23)10-11-18(17)28-21/h5-11,13H,3-4,12,14H2,1-2H3. The number of hydrogen-bond donors (Lipinski definition) is 0. The second-order valence-corrected chi connectivity index (χ2v) is 9.35. The zero-order valence-corrected chi connectivity index (χ0v) is 18.8. The molecule has 1 fully saturated rings. The minimum absolute atomic E-state index is 0.0449. The van der Waals surface area contributed by atoms with Gasteiger partial charge in [0.25, 0.3) is 5.91 Å². The van der Waals surface area contributed by atoms with E-state index in [1.165, 1.54) is 11.8 Å². The number of aliphatic imine (C=N–C) groups is 1. The van der Waals surface area contributed by atoms with E-state index in [1.54, 1.807) is 11.8 Å². The van der Waals surface area contributed by atoms with Gasteiger partial charge in [-0.3, -0.25) is 14.7 Å². The average Bonchev–Trinajstić information content (AvgIpc) is 3.22. The number of amidine groups is 1. The number of carbonyl (C=O) groups is 1. The number of thioether (sulfide) groups is 2. The second-order valence-electron chi connectivity index (χ2n) is 6.90. The van der Waals surface area contributed by atoms with Gasteiger partial charge in [0.05, 0.1) is 17.3 Å². The van der Waals surface area contributed by atoms with Gasteiger partial charge in [0, 0.05) is 23.5 Å². The molecule has 2 aliphatic rings. The Morgan fingerprint density at radius 2 is 1.90 bits per heavy atom. The highest BCUT2D eigenvalue weighted by Crippen LogP contribution is 2.50. The molecule has 150 valence electrons. The summed E-state index contributed by atoms with van der Waals surface area (Å²) in [6.45, 7) is 3.40. The van der Waals surface area contributed by atoms with Gasteiger partial charge in [-0.15, -0.1) is 0 Å². The Labute approximate surface area is 185 Å². The maximum absolute atomic E-state index is 13.3. The lowest BCUT2D eigenvalue weighted by molar-refractivity contribution is -0.122. The van der Waals surface area contributed by atoms with Crippen LogP contribution in [0.25, 0.3) is 0 Å². The molecule has 1 amide bonds. The number of rotatable bonds is 5. The molecule has 0 aromatic heterocycles. The summed E-state index contributed by atoms with van der Waals surface area (Å²) in [5.41, 5.74) is 2.17. The van der Waals surface area contributed by atoms with E-state index in [4.69, 9.17) is 16.6 Å². The van der Waals surface area contributed by atoms with Crippen molar-refractivity contribution in [1.82, 2.24) is 4.90 Å². The van der Waals surface area contributed by atoms with Crippen LogP contribution < -0.4 is 4.90 Å². The summed E-state index contributed by atoms with van der Waals surface area (Å²) < 4.78 is 0. The van der Waals surface area contributed by atoms with Gasteiger partial charge in [-0.2, -0.15) is 0 Å². The minimum Gasteiger partial charge on any atom is -0.337 e. The van der Waals surface area contributed by atoms with Crippen LogP contribution in [0.5, 0.6) is 0 Å². The molecule has 4 nitrogen and oxygen atoms in total. The lowest BCUT2D eigenvalue weighted by Gasteiger charge is -2.16. The fourth-order valence-corrected chi connectivity index (χ4v) is 5.72. The number of unbranched alkanes of at least 4 members (excludes halogenated alkanes) is 1. The zero-order chi connectivity index (χ0) is 20.4. The molecule has 0 bridgehead atoms. The number of hydrogen-bond acceptors (Lipinski definition) is 5. The summed E-state index contributed by atoms with van der Waals surface area (Å²) in [6, 6.07) is 16.0. The molecule has 2 aromatic carbocycles. The zero-order valence-electron chi connectivity index (χ0n) is 16.4. The first kappa shape index (κ1) is 20.4. The van der Waals surface area contributed by atoms with Gasteiger partial charge in [-0.05, 0) is 41.9 Å². The minimum atomic E-state index is 0.0449. The predicted octanol–water partition coefficient (Wildman–Crippen LogP) is 5.98. The molecule has 0 radical (unpaired) electrons. The van der Waals surface area contributed by atoms with Crippen LogP contribution in [0.2, 0.25) is 5.02 Å². The molecule has 29 heavy (non-hydrogen) atoms. The summed E-state index contributed by atoms with van der Waals surface area (Å²) in [4.78, 5) is 23.8. The van der Waals surface area contributed by atoms with Crippen molar-refractivity contribution in [3.8, 4) is 0 Å². The van der Waals surface area contributed by atoms with Crippen molar-refractivity contribution < 1.29 is 4.79 Å². The molecule has 0 spiro atoms. The van der Waals surface area contributed by atoms with E-state index in [-0.39, 0.29) is 5.91 Å². The Hall–Kier alpha value is -1.89. The fraction of sp³-hybridized carbons (Fsp3) is 0.273. The molecular formula is C22H22ClN3OS2. The smallest absolute Gasteiger partial charge is 0.269 e. The lowest BCUT2D eigenvalue weighted by Crippen LogP contribution is -2.30. The monoisotopic (exact) mass is 443 g/mol. The Kier molecular flexibility index (Phi) is 6.23. The fourth-order valence-electron chi connectivity index (χ4n) is 3.23. The van der Waals surface area contributed by atoms with Gasteiger partial charge < -0.3 is 4.90 Å². The van der Waals surface area contributed by atoms with Crippen molar-refractivity contribution in [3.05, 3.63) is 69.1 Å². The van der Waals surface area contributed by atoms with Crippen LogP contribution in [0.3, 0.4) is 0 Å². The molecule has 0 saturated carbocycles. The van der Waals surface area contributed by atoms with Gasteiger partial charge in [0.2, 0.25) is 0 Å². The van der Waals surface area contributed by atoms with Crippen LogP contribution in [0.1, 0.15) is 25.3 Å². The largest absolute Gasteiger partial charge is 0.337 e. The number of fused-ring (bicyclic) bond motifs is 1. The number of halogens is 1. The first-order valence-electron chi connectivity index (χ1n) is 9.62. The normalized spacial score (nSPS) is 20.1. The van der Waals surface area contributed by atoms with Crippen LogP contribution in [0.4, 0.5) is 5.69 Å². The molecule has 2 aliphatic heterocycles. The van der Waals surface area contributed by atoms with E-state index in [1.807, 2.05) is 48.3 Å². The van der Waals surface area contributed by atoms with E-state index in [0.717, 1.165) is 44.1 Å². The second kappa shape index (κ2) is 8.86. The highest BCUT2D eigenvalue weighted by Gasteiger charge is 2.38. The number of amides is 1. The molecule has 7 heteroatoms. The molecule has 0 unspecified atom stereocenters. The highest BCUT2D eigenvalue weighted by atomic mass is 35.5. The topological polar surface area (TPSA) is 35.9 Å². The van der Waals surface area contributed by atoms with Crippen LogP contribution in [-0.4, -0.2) is 29.6 Å². The maximum atomic E-state index is 13.3. The highest BCUT2D eigenvalue weighted by molar-refractivity contribution is 8.19. The number of anilines is 1. The van der Waals surface area contributed by atoms with Gasteiger partial charge in [-0.1, -0.05) is 67.0 Å². The summed E-state index contributed by atoms with van der Waals surface area (Å²) in [6.07, 6.45) is 1.99. The Morgan fingerprint density at radius 3 is 2.66 bits per heavy atom. The molecular weight excluding hydrogens is 422 g/mol. The maximum Gasteiger partial charge on any atom is 0.269 e. The van der Waals surface area contributed by atoms with Crippen molar-refractivity contribution in [2.24, 2.45) is 4.99 Å². The van der Waals surface area contributed by atoms with E-state index < -0.39 is 0 Å². The summed E-state index contributed by atoms with van der Waals surface area (Å²) in [7, 11) is 1.99. The molecule has 0 N–H and O–H groups in total. The van der Waals surface area contributed by atoms with E-state index in [9.17, 15) is 4.79 Å². The van der Waals surface area contributed by atoms with E-state index in [0.29, 0.717) is 18.1 Å². The molecule has 0 atom stereocenters. The third-order valence-electron chi connectivity index (χ3n) is 4.83. The summed E-state index contributed by atoms with van der Waals surface area (Å²) in [5.74, 6) is 0.0449. The Bertz CT molecular complexity index is 991. The van der Waals surface area contributed by atoms with Crippen LogP contribution in [0, 0.1) is 0 Å². The molecule has 2 heterocycles. The Morgan fingerprint density at radius 1 is 1.10 bits per heavy atom. The average molecular weight is 444 g/mol. The number of benzene rings is 2. The van der Waals surface area contributed by atoms with Crippen LogP contribution in [-0.2, 0) is 11.3 Å². The molecule has 0 aliphatic carbocycles. The Balaban J connectivity index is 1.65. The lowest BCUT2D eigenvalue weighted by atomic mass is 10.2. The van der Waals surface area contributed by atoms with Gasteiger partial charge in [0.15, 0.2) is 5.17 Å². The molecule has 2 aromatic rings. The first-order chi connectivity index (χ1) is 14.1. The molecule has 1 saturated heterocycles. The first-order valence-corrected chi connectivity index (χ1v) is 11.6. The quantitative estimate of drug-likeness (QED) is 0.532. The third kappa shape index (κ3) is 4.20. The van der Waals surface area contributed by atoms with Gasteiger partial charge in [0.1, 0.15) is 4.91 Å². The van der Waals surface area contributed by atoms with E-state index in [2.05, 4.69) is 24.0 Å². The SMILES string of the molecule is CCCCN1C(=O)C(=C2Sc3ccc(Cl)cc3N2C)SC1=NCc1ccccc1. The van der Waals surface area contributed by atoms with E-state index >= 15 is 0 Å². The number of nitrogens with zero attached hydrogens (tertiary/aromatic N) is 3. The van der Waals surface area contributed by atoms with Crippen LogP contribution in [0.15, 0.2) is 68.4 Å². The summed E-state index contributed by atoms with van der Waals surface area (Å²) in [5, 5.41) is 2.43. The van der Waals surface area contributed by atoms with Crippen molar-refractivity contribution in [2.75, 3.05) is 18.5 Å². The summed E-state index contributed by atoms with van der Waals surface area (Å²) >= 11 is 9.28. The predicted molar refractivity (Wildman–Crippen MR) is 125 cm³/mol.